The maximum Gasteiger partial charge on any atom is 0.310 e. The SMILES string of the molecule is C=CC(N)=O.CC(=O)CC(=O)O. The van der Waals surface area contributed by atoms with Crippen LogP contribution in [0.3, 0.4) is 0 Å². The van der Waals surface area contributed by atoms with E-state index in [0.717, 1.165) is 6.08 Å². The van der Waals surface area contributed by atoms with Gasteiger partial charge >= 0.3 is 5.97 Å². The number of rotatable bonds is 3. The van der Waals surface area contributed by atoms with Crippen molar-refractivity contribution in [2.45, 2.75) is 13.3 Å². The van der Waals surface area contributed by atoms with E-state index in [0.29, 0.717) is 0 Å². The number of carboxylic acids is 1. The molecule has 1 amide bonds. The Balaban J connectivity index is 0. The summed E-state index contributed by atoms with van der Waals surface area (Å²) < 4.78 is 0. The number of hydrogen-bond acceptors (Lipinski definition) is 3. The lowest BCUT2D eigenvalue weighted by Crippen LogP contribution is -2.04. The number of carbonyl (C=O) groups excluding carboxylic acids is 2. The third kappa shape index (κ3) is 23.8. The fourth-order valence-electron chi connectivity index (χ4n) is 0.213. The fourth-order valence-corrected chi connectivity index (χ4v) is 0.213. The van der Waals surface area contributed by atoms with E-state index in [2.05, 4.69) is 12.3 Å². The van der Waals surface area contributed by atoms with Crippen LogP contribution >= 0.6 is 0 Å². The zero-order chi connectivity index (χ0) is 10.1. The number of aliphatic carboxylic acids is 1. The second kappa shape index (κ2) is 7.46. The predicted molar refractivity (Wildman–Crippen MR) is 42.3 cm³/mol. The molecular formula is C7H11NO4. The Hall–Kier alpha value is -1.65. The molecule has 0 rings (SSSR count). The van der Waals surface area contributed by atoms with Crippen LogP contribution in [0.2, 0.25) is 0 Å². The lowest BCUT2D eigenvalue weighted by atomic mass is 10.3. The molecule has 3 N–H and O–H groups in total. The third-order valence-electron chi connectivity index (χ3n) is 0.601. The molecule has 0 atom stereocenters. The minimum atomic E-state index is -1.06. The smallest absolute Gasteiger partial charge is 0.310 e. The van der Waals surface area contributed by atoms with Gasteiger partial charge in [-0.2, -0.15) is 0 Å². The number of hydrogen-bond donors (Lipinski definition) is 2. The normalized spacial score (nSPS) is 7.42. The van der Waals surface area contributed by atoms with Gasteiger partial charge in [0.05, 0.1) is 0 Å². The van der Waals surface area contributed by atoms with E-state index >= 15 is 0 Å². The van der Waals surface area contributed by atoms with Gasteiger partial charge in [-0.25, -0.2) is 0 Å². The van der Waals surface area contributed by atoms with E-state index in [4.69, 9.17) is 5.11 Å². The zero-order valence-corrected chi connectivity index (χ0v) is 6.74. The highest BCUT2D eigenvalue weighted by molar-refractivity contribution is 5.93. The van der Waals surface area contributed by atoms with Gasteiger partial charge in [-0.3, -0.25) is 14.4 Å². The molecule has 0 bridgehead atoms. The number of carboxylic acid groups (broad SMARTS) is 1. The maximum absolute atomic E-state index is 9.87. The average molecular weight is 173 g/mol. The molecule has 0 aromatic carbocycles. The molecule has 0 aliphatic heterocycles. The molecule has 0 heterocycles. The third-order valence-corrected chi connectivity index (χ3v) is 0.601. The van der Waals surface area contributed by atoms with Crippen LogP contribution in [0.1, 0.15) is 13.3 Å². The van der Waals surface area contributed by atoms with E-state index in [1.165, 1.54) is 6.92 Å². The van der Waals surface area contributed by atoms with E-state index < -0.39 is 11.9 Å². The quantitative estimate of drug-likeness (QED) is 0.452. The summed E-state index contributed by atoms with van der Waals surface area (Å²) in [5.41, 5.74) is 4.53. The summed E-state index contributed by atoms with van der Waals surface area (Å²) in [6.45, 7) is 4.33. The topological polar surface area (TPSA) is 97.5 Å². The molecule has 0 saturated carbocycles. The average Bonchev–Trinajstić information content (AvgIpc) is 1.85. The molecule has 5 heteroatoms. The zero-order valence-electron chi connectivity index (χ0n) is 6.74. The Kier molecular flexibility index (Phi) is 8.06. The molecule has 12 heavy (non-hydrogen) atoms. The van der Waals surface area contributed by atoms with Crippen LogP contribution in [0.25, 0.3) is 0 Å². The first-order chi connectivity index (χ1) is 5.40. The minimum absolute atomic E-state index is 0.312. The molecule has 0 aromatic rings. The van der Waals surface area contributed by atoms with Crippen molar-refractivity contribution in [2.75, 3.05) is 0 Å². The van der Waals surface area contributed by atoms with Gasteiger partial charge in [-0.1, -0.05) is 6.58 Å². The number of carbonyl (C=O) groups is 3. The van der Waals surface area contributed by atoms with E-state index in [1.54, 1.807) is 0 Å². The largest absolute Gasteiger partial charge is 0.481 e. The van der Waals surface area contributed by atoms with Crippen LogP contribution in [-0.4, -0.2) is 22.8 Å². The van der Waals surface area contributed by atoms with Crippen LogP contribution in [0.15, 0.2) is 12.7 Å². The summed E-state index contributed by atoms with van der Waals surface area (Å²) in [5.74, 6) is -1.86. The Bertz CT molecular complexity index is 186. The summed E-state index contributed by atoms with van der Waals surface area (Å²) in [6, 6.07) is 0. The molecule has 0 aliphatic carbocycles. The molecule has 0 fully saturated rings. The van der Waals surface area contributed by atoms with Gasteiger partial charge in [-0.15, -0.1) is 0 Å². The second-order valence-electron chi connectivity index (χ2n) is 1.88. The van der Waals surface area contributed by atoms with Gasteiger partial charge < -0.3 is 10.8 Å². The highest BCUT2D eigenvalue weighted by Gasteiger charge is 1.98. The van der Waals surface area contributed by atoms with Gasteiger partial charge in [0.15, 0.2) is 0 Å². The lowest BCUT2D eigenvalue weighted by molar-refractivity contribution is -0.139. The van der Waals surface area contributed by atoms with Crippen LogP contribution in [-0.2, 0) is 14.4 Å². The first-order valence-electron chi connectivity index (χ1n) is 3.03. The van der Waals surface area contributed by atoms with Crippen molar-refractivity contribution in [1.82, 2.24) is 0 Å². The van der Waals surface area contributed by atoms with Crippen molar-refractivity contribution in [3.63, 3.8) is 0 Å². The Morgan fingerprint density at radius 1 is 1.50 bits per heavy atom. The van der Waals surface area contributed by atoms with Crippen LogP contribution in [0.5, 0.6) is 0 Å². The first kappa shape index (κ1) is 13.0. The minimum Gasteiger partial charge on any atom is -0.481 e. The molecule has 0 spiro atoms. The van der Waals surface area contributed by atoms with Gasteiger partial charge in [0.25, 0.3) is 0 Å². The van der Waals surface area contributed by atoms with Crippen molar-refractivity contribution in [2.24, 2.45) is 5.73 Å². The summed E-state index contributed by atoms with van der Waals surface area (Å²) >= 11 is 0. The van der Waals surface area contributed by atoms with E-state index in [-0.39, 0.29) is 12.2 Å². The standard InChI is InChI=1S/C4H6O3.C3H5NO/c1-3(5)2-4(6)7;1-2-3(4)5/h2H2,1H3,(H,6,7);2H,1H2,(H2,4,5). The number of primary amides is 1. The predicted octanol–water partition coefficient (Wildman–Crippen LogP) is -0.292. The van der Waals surface area contributed by atoms with Crippen LogP contribution in [0.4, 0.5) is 0 Å². The van der Waals surface area contributed by atoms with Crippen molar-refractivity contribution >= 4 is 17.7 Å². The molecule has 0 aliphatic rings. The molecule has 0 saturated heterocycles. The van der Waals surface area contributed by atoms with Crippen molar-refractivity contribution < 1.29 is 19.5 Å². The molecule has 0 aromatic heterocycles. The molecule has 68 valence electrons. The second-order valence-corrected chi connectivity index (χ2v) is 1.88. The maximum atomic E-state index is 9.87. The van der Waals surface area contributed by atoms with Crippen LogP contribution < -0.4 is 5.73 Å². The number of nitrogens with two attached hydrogens (primary N) is 1. The number of ketones is 1. The summed E-state index contributed by atoms with van der Waals surface area (Å²) in [4.78, 5) is 28.9. The highest BCUT2D eigenvalue weighted by atomic mass is 16.4. The van der Waals surface area contributed by atoms with E-state index in [9.17, 15) is 14.4 Å². The lowest BCUT2D eigenvalue weighted by Gasteiger charge is -1.80. The number of Topliss-reactive ketones (excluding diaryl/α,β-unsaturated/α-hetero) is 1. The Morgan fingerprint density at radius 3 is 1.83 bits per heavy atom. The molecule has 5 nitrogen and oxygen atoms in total. The van der Waals surface area contributed by atoms with E-state index in [1.807, 2.05) is 0 Å². The monoisotopic (exact) mass is 173 g/mol. The highest BCUT2D eigenvalue weighted by Crippen LogP contribution is 1.77. The van der Waals surface area contributed by atoms with Crippen molar-refractivity contribution in [3.05, 3.63) is 12.7 Å². The van der Waals surface area contributed by atoms with Gasteiger partial charge in [0.1, 0.15) is 12.2 Å². The van der Waals surface area contributed by atoms with Crippen molar-refractivity contribution in [3.8, 4) is 0 Å². The molecular weight excluding hydrogens is 162 g/mol. The summed E-state index contributed by atoms with van der Waals surface area (Å²) in [6.07, 6.45) is 0.694. The Labute approximate surface area is 69.9 Å². The molecule has 0 radical (unpaired) electrons. The van der Waals surface area contributed by atoms with Gasteiger partial charge in [0.2, 0.25) is 5.91 Å². The number of amides is 1. The fraction of sp³-hybridized carbons (Fsp3) is 0.286. The van der Waals surface area contributed by atoms with Crippen LogP contribution in [0, 0.1) is 0 Å². The first-order valence-corrected chi connectivity index (χ1v) is 3.03. The van der Waals surface area contributed by atoms with Gasteiger partial charge in [-0.05, 0) is 13.0 Å². The Morgan fingerprint density at radius 2 is 1.83 bits per heavy atom. The van der Waals surface area contributed by atoms with Gasteiger partial charge in [0, 0.05) is 0 Å². The summed E-state index contributed by atoms with van der Waals surface area (Å²) in [5, 5.41) is 7.86. The summed E-state index contributed by atoms with van der Waals surface area (Å²) in [7, 11) is 0. The van der Waals surface area contributed by atoms with Crippen molar-refractivity contribution in [1.29, 1.82) is 0 Å². The molecule has 0 unspecified atom stereocenters.